The van der Waals surface area contributed by atoms with E-state index < -0.39 is 15.8 Å². The molecule has 2 rings (SSSR count). The number of hydrogen-bond acceptors (Lipinski definition) is 5. The van der Waals surface area contributed by atoms with Crippen LogP contribution in [0.2, 0.25) is 0 Å². The van der Waals surface area contributed by atoms with Gasteiger partial charge in [0, 0.05) is 7.05 Å². The summed E-state index contributed by atoms with van der Waals surface area (Å²) in [6.07, 6.45) is 1.29. The van der Waals surface area contributed by atoms with Crippen LogP contribution in [0.4, 0.5) is 15.9 Å². The molecule has 0 bridgehead atoms. The molecule has 20 heavy (non-hydrogen) atoms. The van der Waals surface area contributed by atoms with Gasteiger partial charge in [0.1, 0.15) is 11.9 Å². The quantitative estimate of drug-likeness (QED) is 0.870. The van der Waals surface area contributed by atoms with Crippen molar-refractivity contribution in [1.82, 2.24) is 9.78 Å². The fourth-order valence-electron chi connectivity index (χ4n) is 1.52. The molecular formula is C11H10FN5O2S. The summed E-state index contributed by atoms with van der Waals surface area (Å²) in [6.45, 7) is 0. The Hall–Kier alpha value is -2.60. The van der Waals surface area contributed by atoms with Crippen LogP contribution in [-0.2, 0) is 17.1 Å². The minimum Gasteiger partial charge on any atom is -0.394 e. The summed E-state index contributed by atoms with van der Waals surface area (Å²) in [5.41, 5.74) is 5.38. The highest BCUT2D eigenvalue weighted by atomic mass is 32.2. The number of nitrogens with zero attached hydrogens (tertiary/aromatic N) is 3. The van der Waals surface area contributed by atoms with Crippen LogP contribution in [0, 0.1) is 17.1 Å². The van der Waals surface area contributed by atoms with Gasteiger partial charge < -0.3 is 5.73 Å². The molecule has 0 saturated carbocycles. The number of aromatic nitrogens is 2. The summed E-state index contributed by atoms with van der Waals surface area (Å²) in [7, 11) is -2.47. The molecule has 0 radical (unpaired) electrons. The Bertz CT molecular complexity index is 787. The normalized spacial score (nSPS) is 11.1. The van der Waals surface area contributed by atoms with E-state index in [0.29, 0.717) is 0 Å². The second-order valence-electron chi connectivity index (χ2n) is 3.93. The Morgan fingerprint density at radius 1 is 1.50 bits per heavy atom. The Morgan fingerprint density at radius 3 is 2.75 bits per heavy atom. The zero-order chi connectivity index (χ0) is 14.9. The summed E-state index contributed by atoms with van der Waals surface area (Å²) in [4.78, 5) is -0.240. The number of halogens is 1. The molecule has 0 aliphatic heterocycles. The van der Waals surface area contributed by atoms with Gasteiger partial charge in [0.25, 0.3) is 10.0 Å². The molecule has 0 atom stereocenters. The van der Waals surface area contributed by atoms with Crippen molar-refractivity contribution < 1.29 is 12.8 Å². The fraction of sp³-hybridized carbons (Fsp3) is 0.0909. The summed E-state index contributed by atoms with van der Waals surface area (Å²) in [6, 6.07) is 4.51. The topological polar surface area (TPSA) is 114 Å². The molecule has 0 fully saturated rings. The molecular weight excluding hydrogens is 285 g/mol. The smallest absolute Gasteiger partial charge is 0.263 e. The lowest BCUT2D eigenvalue weighted by atomic mass is 10.2. The van der Waals surface area contributed by atoms with Crippen LogP contribution in [-0.4, -0.2) is 18.2 Å². The van der Waals surface area contributed by atoms with Crippen molar-refractivity contribution in [3.05, 3.63) is 35.8 Å². The van der Waals surface area contributed by atoms with Gasteiger partial charge in [0.15, 0.2) is 5.82 Å². The molecule has 0 unspecified atom stereocenters. The number of nitrogens with one attached hydrogen (secondary N) is 1. The predicted molar refractivity (Wildman–Crippen MR) is 69.5 cm³/mol. The molecule has 1 aromatic heterocycles. The van der Waals surface area contributed by atoms with Gasteiger partial charge in [-0.15, -0.1) is 0 Å². The summed E-state index contributed by atoms with van der Waals surface area (Å²) in [5.74, 6) is -0.695. The standard InChI is InChI=1S/C11H10FN5O2S/c1-17-11(10(14)6-15-17)16-20(18,19)8-2-3-9(12)7(4-8)5-13/h2-4,6,16H,14H2,1H3. The van der Waals surface area contributed by atoms with Gasteiger partial charge in [-0.3, -0.25) is 9.40 Å². The lowest BCUT2D eigenvalue weighted by Crippen LogP contribution is -2.16. The lowest BCUT2D eigenvalue weighted by Gasteiger charge is -2.09. The van der Waals surface area contributed by atoms with Gasteiger partial charge in [0.05, 0.1) is 22.3 Å². The third-order valence-electron chi connectivity index (χ3n) is 2.57. The predicted octanol–water partition coefficient (Wildman–Crippen LogP) is 0.814. The van der Waals surface area contributed by atoms with E-state index in [9.17, 15) is 12.8 Å². The van der Waals surface area contributed by atoms with Gasteiger partial charge in [-0.25, -0.2) is 12.8 Å². The summed E-state index contributed by atoms with van der Waals surface area (Å²) < 4.78 is 41.0. The molecule has 0 aliphatic carbocycles. The average molecular weight is 295 g/mol. The second kappa shape index (κ2) is 4.82. The number of nitrogen functional groups attached to an aromatic ring is 1. The highest BCUT2D eigenvalue weighted by Crippen LogP contribution is 2.22. The molecule has 1 aromatic carbocycles. The van der Waals surface area contributed by atoms with E-state index in [-0.39, 0.29) is 22.0 Å². The van der Waals surface area contributed by atoms with Gasteiger partial charge in [-0.2, -0.15) is 10.4 Å². The molecule has 7 nitrogen and oxygen atoms in total. The number of aryl methyl sites for hydroxylation is 1. The van der Waals surface area contributed by atoms with E-state index in [4.69, 9.17) is 11.0 Å². The van der Waals surface area contributed by atoms with Crippen molar-refractivity contribution in [2.45, 2.75) is 4.90 Å². The van der Waals surface area contributed by atoms with Gasteiger partial charge in [0.2, 0.25) is 0 Å². The number of benzene rings is 1. The van der Waals surface area contributed by atoms with Gasteiger partial charge >= 0.3 is 0 Å². The van der Waals surface area contributed by atoms with Crippen LogP contribution < -0.4 is 10.5 Å². The second-order valence-corrected chi connectivity index (χ2v) is 5.61. The molecule has 104 valence electrons. The SMILES string of the molecule is Cn1ncc(N)c1NS(=O)(=O)c1ccc(F)c(C#N)c1. The number of hydrogen-bond donors (Lipinski definition) is 2. The largest absolute Gasteiger partial charge is 0.394 e. The first-order chi connectivity index (χ1) is 9.35. The number of nitrogens with two attached hydrogens (primary N) is 1. The van der Waals surface area contributed by atoms with Crippen molar-refractivity contribution >= 4 is 21.5 Å². The Kier molecular flexibility index (Phi) is 3.33. The van der Waals surface area contributed by atoms with Crippen LogP contribution in [0.15, 0.2) is 29.3 Å². The fourth-order valence-corrected chi connectivity index (χ4v) is 2.67. The maximum atomic E-state index is 13.2. The maximum absolute atomic E-state index is 13.2. The highest BCUT2D eigenvalue weighted by molar-refractivity contribution is 7.92. The molecule has 0 amide bonds. The molecule has 2 aromatic rings. The number of rotatable bonds is 3. The first-order valence-electron chi connectivity index (χ1n) is 5.35. The zero-order valence-corrected chi connectivity index (χ0v) is 11.1. The minimum atomic E-state index is -3.99. The number of anilines is 2. The van der Waals surface area contributed by atoms with E-state index in [1.807, 2.05) is 0 Å². The molecule has 9 heteroatoms. The monoisotopic (exact) mass is 295 g/mol. The molecule has 0 spiro atoms. The van der Waals surface area contributed by atoms with E-state index in [2.05, 4.69) is 9.82 Å². The van der Waals surface area contributed by atoms with Gasteiger partial charge in [-0.1, -0.05) is 0 Å². The molecule has 0 saturated heterocycles. The highest BCUT2D eigenvalue weighted by Gasteiger charge is 2.19. The third kappa shape index (κ3) is 2.41. The van der Waals surface area contributed by atoms with Gasteiger partial charge in [-0.05, 0) is 18.2 Å². The minimum absolute atomic E-state index is 0.0906. The van der Waals surface area contributed by atoms with Crippen molar-refractivity contribution in [1.29, 1.82) is 5.26 Å². The summed E-state index contributed by atoms with van der Waals surface area (Å²) >= 11 is 0. The Morgan fingerprint density at radius 2 is 2.20 bits per heavy atom. The molecule has 1 heterocycles. The maximum Gasteiger partial charge on any atom is 0.263 e. The van der Waals surface area contributed by atoms with Crippen LogP contribution in [0.1, 0.15) is 5.56 Å². The van der Waals surface area contributed by atoms with Crippen molar-refractivity contribution in [3.8, 4) is 6.07 Å². The molecule has 0 aliphatic rings. The number of sulfonamides is 1. The zero-order valence-electron chi connectivity index (χ0n) is 10.3. The third-order valence-corrected chi connectivity index (χ3v) is 3.90. The Balaban J connectivity index is 2.44. The average Bonchev–Trinajstić information content (AvgIpc) is 2.70. The number of nitriles is 1. The van der Waals surface area contributed by atoms with E-state index in [0.717, 1.165) is 18.2 Å². The first-order valence-corrected chi connectivity index (χ1v) is 6.83. The van der Waals surface area contributed by atoms with Crippen molar-refractivity contribution in [2.24, 2.45) is 7.05 Å². The lowest BCUT2D eigenvalue weighted by molar-refractivity contribution is 0.598. The molecule has 3 N–H and O–H groups in total. The van der Waals surface area contributed by atoms with Crippen LogP contribution >= 0.6 is 0 Å². The van der Waals surface area contributed by atoms with E-state index in [1.54, 1.807) is 6.07 Å². The first kappa shape index (κ1) is 13.8. The van der Waals surface area contributed by atoms with Crippen LogP contribution in [0.5, 0.6) is 0 Å². The summed E-state index contributed by atoms with van der Waals surface area (Å²) in [5, 5.41) is 12.5. The van der Waals surface area contributed by atoms with E-state index >= 15 is 0 Å². The van der Waals surface area contributed by atoms with Crippen molar-refractivity contribution in [3.63, 3.8) is 0 Å². The van der Waals surface area contributed by atoms with Crippen molar-refractivity contribution in [2.75, 3.05) is 10.5 Å². The van der Waals surface area contributed by atoms with Crippen LogP contribution in [0.25, 0.3) is 0 Å². The Labute approximate surface area is 114 Å². The van der Waals surface area contributed by atoms with Crippen LogP contribution in [0.3, 0.4) is 0 Å². The van der Waals surface area contributed by atoms with E-state index in [1.165, 1.54) is 17.9 Å².